The zero-order valence-corrected chi connectivity index (χ0v) is 9.91. The van der Waals surface area contributed by atoms with Crippen LogP contribution < -0.4 is 10.5 Å². The van der Waals surface area contributed by atoms with Gasteiger partial charge in [0.05, 0.1) is 7.11 Å². The maximum absolute atomic E-state index is 5.98. The number of nitrogens with two attached hydrogens (primary N) is 1. The number of nitrogens with zero attached hydrogens (tertiary/aromatic N) is 1. The minimum atomic E-state index is 0.836. The quantitative estimate of drug-likeness (QED) is 0.788. The molecule has 1 aliphatic rings. The Bertz CT molecular complexity index is 346. The van der Waals surface area contributed by atoms with Crippen molar-refractivity contribution in [3.8, 4) is 5.75 Å². The van der Waals surface area contributed by atoms with E-state index in [2.05, 4.69) is 11.0 Å². The summed E-state index contributed by atoms with van der Waals surface area (Å²) in [5.74, 6) is 0.836. The number of ether oxygens (including phenoxy) is 1. The van der Waals surface area contributed by atoms with Gasteiger partial charge in [0.25, 0.3) is 0 Å². The molecular weight excluding hydrogens is 200 g/mol. The Balaban J connectivity index is 1.93. The summed E-state index contributed by atoms with van der Waals surface area (Å²) in [4.78, 5) is 2.50. The van der Waals surface area contributed by atoms with Crippen molar-refractivity contribution in [3.05, 3.63) is 23.8 Å². The molecule has 1 aromatic rings. The lowest BCUT2D eigenvalue weighted by atomic mass is 10.1. The number of hydrogen-bond donors (Lipinski definition) is 1. The lowest BCUT2D eigenvalue weighted by Crippen LogP contribution is -2.22. The summed E-state index contributed by atoms with van der Waals surface area (Å²) < 4.78 is 5.14. The van der Waals surface area contributed by atoms with E-state index in [0.29, 0.717) is 0 Å². The molecule has 0 spiro atoms. The molecule has 0 aromatic heterocycles. The van der Waals surface area contributed by atoms with Crippen LogP contribution in [-0.4, -0.2) is 31.6 Å². The second kappa shape index (κ2) is 5.21. The predicted octanol–water partition coefficient (Wildman–Crippen LogP) is 1.92. The van der Waals surface area contributed by atoms with Crippen LogP contribution >= 0.6 is 0 Å². The van der Waals surface area contributed by atoms with Crippen LogP contribution in [0.25, 0.3) is 0 Å². The predicted molar refractivity (Wildman–Crippen MR) is 66.8 cm³/mol. The van der Waals surface area contributed by atoms with Gasteiger partial charge >= 0.3 is 0 Å². The maximum atomic E-state index is 5.98. The Kier molecular flexibility index (Phi) is 3.67. The van der Waals surface area contributed by atoms with E-state index < -0.39 is 0 Å². The van der Waals surface area contributed by atoms with Crippen LogP contribution in [0.2, 0.25) is 0 Å². The first kappa shape index (κ1) is 11.3. The molecular formula is C13H20N2O. The van der Waals surface area contributed by atoms with Crippen LogP contribution in [-0.2, 0) is 6.42 Å². The molecule has 2 rings (SSSR count). The number of nitrogen functional groups attached to an aromatic ring is 1. The average Bonchev–Trinajstić information content (AvgIpc) is 2.80. The van der Waals surface area contributed by atoms with Crippen molar-refractivity contribution < 1.29 is 4.74 Å². The highest BCUT2D eigenvalue weighted by molar-refractivity contribution is 5.51. The fourth-order valence-electron chi connectivity index (χ4n) is 2.21. The summed E-state index contributed by atoms with van der Waals surface area (Å²) in [6.07, 6.45) is 3.73. The smallest absolute Gasteiger partial charge is 0.120 e. The molecule has 3 heteroatoms. The number of likely N-dealkylation sites (tertiary alicyclic amines) is 1. The molecule has 0 atom stereocenters. The fraction of sp³-hybridized carbons (Fsp3) is 0.538. The van der Waals surface area contributed by atoms with Crippen LogP contribution in [0.5, 0.6) is 5.75 Å². The Morgan fingerprint density at radius 1 is 1.31 bits per heavy atom. The molecule has 1 aromatic carbocycles. The third-order valence-corrected chi connectivity index (χ3v) is 3.25. The van der Waals surface area contributed by atoms with E-state index in [1.54, 1.807) is 7.11 Å². The lowest BCUT2D eigenvalue weighted by molar-refractivity contribution is 0.343. The number of anilines is 1. The Hall–Kier alpha value is -1.22. The van der Waals surface area contributed by atoms with Gasteiger partial charge in [-0.3, -0.25) is 0 Å². The molecule has 0 aliphatic carbocycles. The normalized spacial score (nSPS) is 16.6. The minimum absolute atomic E-state index is 0.836. The molecule has 1 fully saturated rings. The zero-order chi connectivity index (χ0) is 11.4. The van der Waals surface area contributed by atoms with E-state index in [4.69, 9.17) is 10.5 Å². The molecule has 0 bridgehead atoms. The summed E-state index contributed by atoms with van der Waals surface area (Å²) in [5.41, 5.74) is 8.06. The summed E-state index contributed by atoms with van der Waals surface area (Å²) in [6, 6.07) is 5.96. The standard InChI is InChI=1S/C13H20N2O/c1-16-12-5-4-11(13(14)10-12)6-9-15-7-2-3-8-15/h4-5,10H,2-3,6-9,14H2,1H3. The molecule has 2 N–H and O–H groups in total. The van der Waals surface area contributed by atoms with Gasteiger partial charge in [-0.25, -0.2) is 0 Å². The summed E-state index contributed by atoms with van der Waals surface area (Å²) >= 11 is 0. The third-order valence-electron chi connectivity index (χ3n) is 3.25. The van der Waals surface area contributed by atoms with E-state index in [1.807, 2.05) is 12.1 Å². The highest BCUT2D eigenvalue weighted by Gasteiger charge is 2.11. The molecule has 0 radical (unpaired) electrons. The molecule has 16 heavy (non-hydrogen) atoms. The van der Waals surface area contributed by atoms with Crippen molar-refractivity contribution in [3.63, 3.8) is 0 Å². The first-order chi connectivity index (χ1) is 7.79. The van der Waals surface area contributed by atoms with Gasteiger partial charge in [-0.15, -0.1) is 0 Å². The molecule has 1 saturated heterocycles. The molecule has 1 heterocycles. The van der Waals surface area contributed by atoms with Gasteiger partial charge in [0, 0.05) is 18.3 Å². The van der Waals surface area contributed by atoms with Gasteiger partial charge in [0.2, 0.25) is 0 Å². The van der Waals surface area contributed by atoms with Gasteiger partial charge < -0.3 is 15.4 Å². The van der Waals surface area contributed by atoms with Crippen molar-refractivity contribution in [2.45, 2.75) is 19.3 Å². The van der Waals surface area contributed by atoms with E-state index in [-0.39, 0.29) is 0 Å². The van der Waals surface area contributed by atoms with Gasteiger partial charge in [-0.2, -0.15) is 0 Å². The second-order valence-corrected chi connectivity index (χ2v) is 4.36. The summed E-state index contributed by atoms with van der Waals surface area (Å²) in [7, 11) is 1.67. The largest absolute Gasteiger partial charge is 0.497 e. The first-order valence-electron chi connectivity index (χ1n) is 5.94. The molecule has 3 nitrogen and oxygen atoms in total. The molecule has 88 valence electrons. The molecule has 0 unspecified atom stereocenters. The molecule has 1 aliphatic heterocycles. The van der Waals surface area contributed by atoms with E-state index in [1.165, 1.54) is 31.5 Å². The topological polar surface area (TPSA) is 38.5 Å². The summed E-state index contributed by atoms with van der Waals surface area (Å²) in [6.45, 7) is 3.61. The van der Waals surface area contributed by atoms with E-state index >= 15 is 0 Å². The summed E-state index contributed by atoms with van der Waals surface area (Å²) in [5, 5.41) is 0. The number of methoxy groups -OCH3 is 1. The number of rotatable bonds is 4. The Morgan fingerprint density at radius 3 is 2.69 bits per heavy atom. The second-order valence-electron chi connectivity index (χ2n) is 4.36. The fourth-order valence-corrected chi connectivity index (χ4v) is 2.21. The van der Waals surface area contributed by atoms with E-state index in [9.17, 15) is 0 Å². The highest BCUT2D eigenvalue weighted by Crippen LogP contribution is 2.20. The van der Waals surface area contributed by atoms with Crippen molar-refractivity contribution in [2.24, 2.45) is 0 Å². The lowest BCUT2D eigenvalue weighted by Gasteiger charge is -2.15. The Labute approximate surface area is 97.2 Å². The SMILES string of the molecule is COc1ccc(CCN2CCCC2)c(N)c1. The van der Waals surface area contributed by atoms with Gasteiger partial charge in [0.15, 0.2) is 0 Å². The van der Waals surface area contributed by atoms with Crippen LogP contribution in [0, 0.1) is 0 Å². The highest BCUT2D eigenvalue weighted by atomic mass is 16.5. The first-order valence-corrected chi connectivity index (χ1v) is 5.94. The van der Waals surface area contributed by atoms with Gasteiger partial charge in [-0.05, 0) is 44.0 Å². The van der Waals surface area contributed by atoms with Crippen molar-refractivity contribution >= 4 is 5.69 Å². The Morgan fingerprint density at radius 2 is 2.06 bits per heavy atom. The van der Waals surface area contributed by atoms with Crippen molar-refractivity contribution in [2.75, 3.05) is 32.5 Å². The third kappa shape index (κ3) is 2.67. The van der Waals surface area contributed by atoms with E-state index in [0.717, 1.165) is 24.4 Å². The monoisotopic (exact) mass is 220 g/mol. The van der Waals surface area contributed by atoms with Crippen LogP contribution in [0.1, 0.15) is 18.4 Å². The minimum Gasteiger partial charge on any atom is -0.497 e. The molecule has 0 amide bonds. The number of benzene rings is 1. The van der Waals surface area contributed by atoms with Gasteiger partial charge in [-0.1, -0.05) is 6.07 Å². The average molecular weight is 220 g/mol. The van der Waals surface area contributed by atoms with Crippen LogP contribution in [0.3, 0.4) is 0 Å². The maximum Gasteiger partial charge on any atom is 0.120 e. The van der Waals surface area contributed by atoms with Gasteiger partial charge in [0.1, 0.15) is 5.75 Å². The van der Waals surface area contributed by atoms with Crippen LogP contribution in [0.15, 0.2) is 18.2 Å². The van der Waals surface area contributed by atoms with Crippen molar-refractivity contribution in [1.82, 2.24) is 4.90 Å². The zero-order valence-electron chi connectivity index (χ0n) is 9.91. The van der Waals surface area contributed by atoms with Crippen molar-refractivity contribution in [1.29, 1.82) is 0 Å². The van der Waals surface area contributed by atoms with Crippen LogP contribution in [0.4, 0.5) is 5.69 Å². The molecule has 0 saturated carbocycles. The number of hydrogen-bond acceptors (Lipinski definition) is 3.